The normalized spacial score (nSPS) is 48.5. The topological polar surface area (TPSA) is 54.0 Å². The highest BCUT2D eigenvalue weighted by Crippen LogP contribution is 2.70. The summed E-state index contributed by atoms with van der Waals surface area (Å²) in [5.74, 6) is 0.505. The molecule has 5 nitrogen and oxygen atoms in total. The zero-order valence-electron chi connectivity index (χ0n) is 11.9. The van der Waals surface area contributed by atoms with E-state index in [0.29, 0.717) is 13.2 Å². The first kappa shape index (κ1) is 12.7. The van der Waals surface area contributed by atoms with Crippen LogP contribution in [0.2, 0.25) is 0 Å². The van der Waals surface area contributed by atoms with Crippen molar-refractivity contribution in [1.29, 1.82) is 0 Å². The molecule has 0 N–H and O–H groups in total. The molecule has 0 radical (unpaired) electrons. The summed E-state index contributed by atoms with van der Waals surface area (Å²) in [5, 5.41) is 0. The van der Waals surface area contributed by atoms with Gasteiger partial charge in [0.25, 0.3) is 0 Å². The summed E-state index contributed by atoms with van der Waals surface area (Å²) >= 11 is 0. The molecule has 5 atom stereocenters. The molecular formula is C15H20O5. The third-order valence-corrected chi connectivity index (χ3v) is 5.73. The molecule has 2 bridgehead atoms. The average Bonchev–Trinajstić information content (AvgIpc) is 3.08. The van der Waals surface area contributed by atoms with Gasteiger partial charge in [-0.05, 0) is 24.8 Å². The molecule has 3 aliphatic carbocycles. The Morgan fingerprint density at radius 3 is 3.00 bits per heavy atom. The van der Waals surface area contributed by atoms with Gasteiger partial charge in [-0.2, -0.15) is 0 Å². The lowest BCUT2D eigenvalue weighted by atomic mass is 9.74. The fraction of sp³-hybridized carbons (Fsp3) is 0.800. The van der Waals surface area contributed by atoms with Crippen molar-refractivity contribution in [3.63, 3.8) is 0 Å². The summed E-state index contributed by atoms with van der Waals surface area (Å²) in [6, 6.07) is 0. The van der Waals surface area contributed by atoms with E-state index in [-0.39, 0.29) is 29.3 Å². The minimum atomic E-state index is -0.759. The molecule has 1 saturated heterocycles. The van der Waals surface area contributed by atoms with Crippen molar-refractivity contribution in [2.24, 2.45) is 17.3 Å². The average molecular weight is 280 g/mol. The predicted molar refractivity (Wildman–Crippen MR) is 68.8 cm³/mol. The highest BCUT2D eigenvalue weighted by atomic mass is 16.6. The van der Waals surface area contributed by atoms with Crippen molar-refractivity contribution in [2.75, 3.05) is 27.4 Å². The number of ether oxygens (including phenoxy) is 4. The van der Waals surface area contributed by atoms with Gasteiger partial charge in [0.15, 0.2) is 5.60 Å². The van der Waals surface area contributed by atoms with Crippen LogP contribution in [0.3, 0.4) is 0 Å². The smallest absolute Gasteiger partial charge is 0.312 e. The number of hydrogen-bond donors (Lipinski definition) is 0. The van der Waals surface area contributed by atoms with E-state index in [1.165, 1.54) is 7.11 Å². The van der Waals surface area contributed by atoms with Crippen LogP contribution in [0.5, 0.6) is 0 Å². The van der Waals surface area contributed by atoms with E-state index in [9.17, 15) is 4.79 Å². The largest absolute Gasteiger partial charge is 0.498 e. The maximum absolute atomic E-state index is 12.4. The number of esters is 1. The Bertz CT molecular complexity index is 487. The first-order chi connectivity index (χ1) is 9.70. The van der Waals surface area contributed by atoms with Crippen molar-refractivity contribution < 1.29 is 23.7 Å². The molecule has 3 fully saturated rings. The Morgan fingerprint density at radius 2 is 2.25 bits per heavy atom. The number of carbonyl (C=O) groups is 1. The van der Waals surface area contributed by atoms with Gasteiger partial charge >= 0.3 is 5.97 Å². The van der Waals surface area contributed by atoms with Gasteiger partial charge in [-0.1, -0.05) is 6.42 Å². The van der Waals surface area contributed by atoms with Gasteiger partial charge in [0, 0.05) is 5.41 Å². The zero-order chi connectivity index (χ0) is 14.0. The first-order valence-corrected chi connectivity index (χ1v) is 7.31. The van der Waals surface area contributed by atoms with Gasteiger partial charge in [-0.15, -0.1) is 0 Å². The highest BCUT2D eigenvalue weighted by Gasteiger charge is 2.78. The van der Waals surface area contributed by atoms with Crippen molar-refractivity contribution in [3.05, 3.63) is 11.8 Å². The third kappa shape index (κ3) is 1.16. The van der Waals surface area contributed by atoms with Crippen LogP contribution in [-0.2, 0) is 23.7 Å². The van der Waals surface area contributed by atoms with Crippen molar-refractivity contribution in [1.82, 2.24) is 0 Å². The van der Waals surface area contributed by atoms with Crippen LogP contribution in [0.4, 0.5) is 0 Å². The predicted octanol–water partition coefficient (Wildman–Crippen LogP) is 1.27. The van der Waals surface area contributed by atoms with Gasteiger partial charge in [0.1, 0.15) is 11.9 Å². The molecule has 5 heteroatoms. The Morgan fingerprint density at radius 1 is 1.40 bits per heavy atom. The van der Waals surface area contributed by atoms with Gasteiger partial charge < -0.3 is 18.9 Å². The molecule has 20 heavy (non-hydrogen) atoms. The molecular weight excluding hydrogens is 260 g/mol. The standard InChI is InChI=1S/C15H20O5/c1-17-10-8-14-5-3-4-9(14)11(12(16)18-2)15(10)13(14)19-6-7-20-15/h8-9,11,13H,3-7H2,1-2H3/t9-,11+,13-,14+,15+/m1/s1. The highest BCUT2D eigenvalue weighted by molar-refractivity contribution is 5.78. The minimum Gasteiger partial charge on any atom is -0.498 e. The second-order valence-electron chi connectivity index (χ2n) is 6.22. The lowest BCUT2D eigenvalue weighted by Gasteiger charge is -2.41. The molecule has 0 aromatic rings. The SMILES string of the molecule is COC(=O)[C@@H]1[C@H]2CCC[C@]23C=C(OC)[C@]12OCCO[C@H]32. The summed E-state index contributed by atoms with van der Waals surface area (Å²) in [4.78, 5) is 12.4. The Hall–Kier alpha value is -1.07. The lowest BCUT2D eigenvalue weighted by Crippen LogP contribution is -2.55. The first-order valence-electron chi connectivity index (χ1n) is 7.31. The van der Waals surface area contributed by atoms with Crippen LogP contribution in [0, 0.1) is 17.3 Å². The maximum atomic E-state index is 12.4. The van der Waals surface area contributed by atoms with E-state index < -0.39 is 5.60 Å². The number of rotatable bonds is 2. The fourth-order valence-corrected chi connectivity index (χ4v) is 5.22. The Balaban J connectivity index is 1.90. The van der Waals surface area contributed by atoms with Crippen LogP contribution in [0.15, 0.2) is 11.8 Å². The summed E-state index contributed by atoms with van der Waals surface area (Å²) in [6.07, 6.45) is 5.25. The molecule has 4 rings (SSSR count). The molecule has 0 unspecified atom stereocenters. The maximum Gasteiger partial charge on any atom is 0.312 e. The van der Waals surface area contributed by atoms with Crippen LogP contribution >= 0.6 is 0 Å². The van der Waals surface area contributed by atoms with Gasteiger partial charge in [0.05, 0.1) is 33.4 Å². The number of methoxy groups -OCH3 is 2. The molecule has 4 aliphatic rings. The molecule has 0 amide bonds. The van der Waals surface area contributed by atoms with Gasteiger partial charge in [0.2, 0.25) is 0 Å². The second kappa shape index (κ2) is 3.98. The number of hydrogen-bond acceptors (Lipinski definition) is 5. The number of carbonyl (C=O) groups excluding carboxylic acids is 1. The second-order valence-corrected chi connectivity index (χ2v) is 6.22. The van der Waals surface area contributed by atoms with Crippen LogP contribution < -0.4 is 0 Å². The summed E-state index contributed by atoms with van der Waals surface area (Å²) in [5.41, 5.74) is -0.865. The monoisotopic (exact) mass is 280 g/mol. The van der Waals surface area contributed by atoms with Gasteiger partial charge in [-0.3, -0.25) is 4.79 Å². The van der Waals surface area contributed by atoms with Gasteiger partial charge in [-0.25, -0.2) is 0 Å². The molecule has 1 spiro atoms. The van der Waals surface area contributed by atoms with E-state index >= 15 is 0 Å². The lowest BCUT2D eigenvalue weighted by molar-refractivity contribution is -0.211. The van der Waals surface area contributed by atoms with E-state index in [0.717, 1.165) is 25.0 Å². The van der Waals surface area contributed by atoms with E-state index in [1.54, 1.807) is 7.11 Å². The van der Waals surface area contributed by atoms with E-state index in [4.69, 9.17) is 18.9 Å². The van der Waals surface area contributed by atoms with Crippen LogP contribution in [0.25, 0.3) is 0 Å². The summed E-state index contributed by atoms with van der Waals surface area (Å²) in [7, 11) is 3.09. The summed E-state index contributed by atoms with van der Waals surface area (Å²) in [6.45, 7) is 1.08. The zero-order valence-corrected chi connectivity index (χ0v) is 11.9. The third-order valence-electron chi connectivity index (χ3n) is 5.73. The fourth-order valence-electron chi connectivity index (χ4n) is 5.22. The van der Waals surface area contributed by atoms with Crippen LogP contribution in [0.1, 0.15) is 19.3 Å². The van der Waals surface area contributed by atoms with Crippen molar-refractivity contribution in [3.8, 4) is 0 Å². The molecule has 110 valence electrons. The van der Waals surface area contributed by atoms with E-state index in [2.05, 4.69) is 6.08 Å². The van der Waals surface area contributed by atoms with Crippen molar-refractivity contribution in [2.45, 2.75) is 31.0 Å². The van der Waals surface area contributed by atoms with Crippen molar-refractivity contribution >= 4 is 5.97 Å². The molecule has 2 saturated carbocycles. The van der Waals surface area contributed by atoms with E-state index in [1.807, 2.05) is 0 Å². The molecule has 1 heterocycles. The summed E-state index contributed by atoms with van der Waals surface area (Å²) < 4.78 is 22.9. The molecule has 0 aromatic heterocycles. The Labute approximate surface area is 118 Å². The Kier molecular flexibility index (Phi) is 2.52. The molecule has 0 aromatic carbocycles. The molecule has 1 aliphatic heterocycles. The van der Waals surface area contributed by atoms with Crippen LogP contribution in [-0.4, -0.2) is 45.1 Å². The quantitative estimate of drug-likeness (QED) is 0.713. The minimum absolute atomic E-state index is 0.102.